The zero-order chi connectivity index (χ0) is 23.1. The van der Waals surface area contributed by atoms with Crippen molar-refractivity contribution in [1.82, 2.24) is 0 Å². The molecule has 0 spiro atoms. The molecule has 0 N–H and O–H groups in total. The van der Waals surface area contributed by atoms with E-state index in [4.69, 9.17) is 9.47 Å². The molecule has 0 fully saturated rings. The van der Waals surface area contributed by atoms with Gasteiger partial charge in [0.1, 0.15) is 12.4 Å². The number of hydrogen-bond donors (Lipinski definition) is 0. The Morgan fingerprint density at radius 1 is 0.875 bits per heavy atom. The van der Waals surface area contributed by atoms with Gasteiger partial charge in [0.15, 0.2) is 0 Å². The summed E-state index contributed by atoms with van der Waals surface area (Å²) < 4.78 is 10.4. The first-order valence-electron chi connectivity index (χ1n) is 10.1. The van der Waals surface area contributed by atoms with Crippen LogP contribution in [-0.4, -0.2) is 11.9 Å². The van der Waals surface area contributed by atoms with Gasteiger partial charge >= 0.3 is 11.9 Å². The minimum atomic E-state index is -0.504. The molecule has 0 bridgehead atoms. The third kappa shape index (κ3) is 5.73. The Labute approximate surface area is 188 Å². The predicted molar refractivity (Wildman–Crippen MR) is 126 cm³/mol. The highest BCUT2D eigenvalue weighted by atomic mass is 16.5. The van der Waals surface area contributed by atoms with Gasteiger partial charge in [0.2, 0.25) is 0 Å². The summed E-state index contributed by atoms with van der Waals surface area (Å²) in [6, 6.07) is 23.2. The lowest BCUT2D eigenvalue weighted by molar-refractivity contribution is -0.140. The van der Waals surface area contributed by atoms with Gasteiger partial charge in [-0.3, -0.25) is 0 Å². The summed E-state index contributed by atoms with van der Waals surface area (Å²) in [7, 11) is 0. The molecule has 0 aromatic heterocycles. The van der Waals surface area contributed by atoms with Gasteiger partial charge in [-0.15, -0.1) is 0 Å². The second-order valence-corrected chi connectivity index (χ2v) is 7.31. The highest BCUT2D eigenvalue weighted by molar-refractivity contribution is 5.87. The van der Waals surface area contributed by atoms with Crippen LogP contribution in [0.25, 0.3) is 0 Å². The molecule has 0 saturated carbocycles. The van der Waals surface area contributed by atoms with Crippen molar-refractivity contribution in [2.45, 2.75) is 20.5 Å². The van der Waals surface area contributed by atoms with Crippen molar-refractivity contribution in [2.75, 3.05) is 4.90 Å². The van der Waals surface area contributed by atoms with E-state index in [-0.39, 0.29) is 6.61 Å². The molecule has 0 amide bonds. The van der Waals surface area contributed by atoms with E-state index in [1.54, 1.807) is 19.1 Å². The highest BCUT2D eigenvalue weighted by Gasteiger charge is 2.13. The predicted octanol–water partition coefficient (Wildman–Crippen LogP) is 6.18. The first kappa shape index (κ1) is 22.6. The van der Waals surface area contributed by atoms with Gasteiger partial charge < -0.3 is 14.4 Å². The van der Waals surface area contributed by atoms with Crippen LogP contribution < -0.4 is 9.64 Å². The molecule has 0 atom stereocenters. The first-order valence-corrected chi connectivity index (χ1v) is 10.1. The van der Waals surface area contributed by atoms with Crippen molar-refractivity contribution in [3.05, 3.63) is 109 Å². The van der Waals surface area contributed by atoms with Crippen LogP contribution in [0.2, 0.25) is 0 Å². The quantitative estimate of drug-likeness (QED) is 0.244. The van der Waals surface area contributed by atoms with Gasteiger partial charge in [-0.25, -0.2) is 9.59 Å². The Kier molecular flexibility index (Phi) is 7.24. The van der Waals surface area contributed by atoms with Crippen LogP contribution in [0.3, 0.4) is 0 Å². The van der Waals surface area contributed by atoms with Crippen molar-refractivity contribution >= 4 is 29.0 Å². The fourth-order valence-corrected chi connectivity index (χ4v) is 2.98. The molecule has 3 aromatic carbocycles. The maximum atomic E-state index is 11.6. The minimum absolute atomic E-state index is 0.180. The molecule has 3 aromatic rings. The molecule has 5 heteroatoms. The van der Waals surface area contributed by atoms with Gasteiger partial charge in [-0.05, 0) is 67.9 Å². The van der Waals surface area contributed by atoms with E-state index in [9.17, 15) is 9.59 Å². The molecule has 5 nitrogen and oxygen atoms in total. The summed E-state index contributed by atoms with van der Waals surface area (Å²) in [6.07, 6.45) is 1.13. The van der Waals surface area contributed by atoms with Gasteiger partial charge in [0, 0.05) is 28.7 Å². The normalized spacial score (nSPS) is 10.2. The topological polar surface area (TPSA) is 55.8 Å². The van der Waals surface area contributed by atoms with Gasteiger partial charge in [0.25, 0.3) is 0 Å². The van der Waals surface area contributed by atoms with Crippen molar-refractivity contribution in [2.24, 2.45) is 0 Å². The smallest absolute Gasteiger partial charge is 0.335 e. The summed E-state index contributed by atoms with van der Waals surface area (Å²) in [5.41, 5.74) is 5.21. The molecule has 0 aliphatic rings. The number of carbonyl (C=O) groups excluding carboxylic acids is 2. The van der Waals surface area contributed by atoms with Crippen molar-refractivity contribution in [3.63, 3.8) is 0 Å². The fourth-order valence-electron chi connectivity index (χ4n) is 2.98. The van der Waals surface area contributed by atoms with Crippen LogP contribution >= 0.6 is 0 Å². The molecular weight excluding hydrogens is 402 g/mol. The van der Waals surface area contributed by atoms with Crippen molar-refractivity contribution < 1.29 is 19.1 Å². The van der Waals surface area contributed by atoms with Crippen LogP contribution in [-0.2, 0) is 20.9 Å². The molecule has 3 rings (SSSR count). The lowest BCUT2D eigenvalue weighted by Gasteiger charge is -2.26. The molecule has 32 heavy (non-hydrogen) atoms. The number of benzene rings is 3. The number of esters is 2. The van der Waals surface area contributed by atoms with E-state index in [1.807, 2.05) is 67.6 Å². The van der Waals surface area contributed by atoms with E-state index >= 15 is 0 Å². The van der Waals surface area contributed by atoms with E-state index in [0.717, 1.165) is 34.3 Å². The first-order chi connectivity index (χ1) is 15.4. The van der Waals surface area contributed by atoms with E-state index in [2.05, 4.69) is 18.1 Å². The van der Waals surface area contributed by atoms with Gasteiger partial charge in [-0.2, -0.15) is 0 Å². The summed E-state index contributed by atoms with van der Waals surface area (Å²) in [6.45, 7) is 10.8. The molecular formula is C27H25NO4. The molecule has 162 valence electrons. The molecule has 0 aliphatic heterocycles. The SMILES string of the molecule is C=CC(=O)Oc1ccc(N(c2ccc(C)cc2)c2ccc(COC(=O)C(=C)C)cc2)cc1. The van der Waals surface area contributed by atoms with Crippen LogP contribution in [0.15, 0.2) is 97.6 Å². The van der Waals surface area contributed by atoms with Gasteiger partial charge in [0.05, 0.1) is 0 Å². The van der Waals surface area contributed by atoms with E-state index in [0.29, 0.717) is 11.3 Å². The largest absolute Gasteiger partial charge is 0.457 e. The van der Waals surface area contributed by atoms with E-state index < -0.39 is 11.9 Å². The lowest BCUT2D eigenvalue weighted by Crippen LogP contribution is -2.10. The third-order valence-corrected chi connectivity index (χ3v) is 4.69. The standard InChI is InChI=1S/C27H25NO4/c1-5-26(29)32-25-16-14-24(15-17-25)28(22-10-6-20(4)7-11-22)23-12-8-21(9-13-23)18-31-27(30)19(2)3/h5-17H,1-2,18H2,3-4H3. The highest BCUT2D eigenvalue weighted by Crippen LogP contribution is 2.35. The zero-order valence-corrected chi connectivity index (χ0v) is 18.2. The van der Waals surface area contributed by atoms with Gasteiger partial charge in [-0.1, -0.05) is 43.0 Å². The van der Waals surface area contributed by atoms with E-state index in [1.165, 1.54) is 0 Å². The molecule has 0 aliphatic carbocycles. The number of nitrogens with zero attached hydrogens (tertiary/aromatic N) is 1. The minimum Gasteiger partial charge on any atom is -0.457 e. The Morgan fingerprint density at radius 3 is 1.88 bits per heavy atom. The number of anilines is 3. The Hall–Kier alpha value is -4.12. The average molecular weight is 428 g/mol. The van der Waals surface area contributed by atoms with Crippen LogP contribution in [0.1, 0.15) is 18.1 Å². The second-order valence-electron chi connectivity index (χ2n) is 7.31. The summed E-state index contributed by atoms with van der Waals surface area (Å²) in [4.78, 5) is 25.2. The number of ether oxygens (including phenoxy) is 2. The molecule has 0 radical (unpaired) electrons. The van der Waals surface area contributed by atoms with Crippen LogP contribution in [0.5, 0.6) is 5.75 Å². The lowest BCUT2D eigenvalue weighted by atomic mass is 10.1. The maximum absolute atomic E-state index is 11.6. The summed E-state index contributed by atoms with van der Waals surface area (Å²) in [5, 5.41) is 0. The second kappa shape index (κ2) is 10.3. The monoisotopic (exact) mass is 427 g/mol. The number of aryl methyl sites for hydroxylation is 1. The molecule has 0 saturated heterocycles. The summed E-state index contributed by atoms with van der Waals surface area (Å²) >= 11 is 0. The fraction of sp³-hybridized carbons (Fsp3) is 0.111. The summed E-state index contributed by atoms with van der Waals surface area (Å²) in [5.74, 6) is -0.471. The Balaban J connectivity index is 1.89. The van der Waals surface area contributed by atoms with Crippen LogP contribution in [0, 0.1) is 6.92 Å². The number of hydrogen-bond acceptors (Lipinski definition) is 5. The zero-order valence-electron chi connectivity index (χ0n) is 18.2. The Morgan fingerprint density at radius 2 is 1.38 bits per heavy atom. The maximum Gasteiger partial charge on any atom is 0.335 e. The average Bonchev–Trinajstić information content (AvgIpc) is 2.80. The third-order valence-electron chi connectivity index (χ3n) is 4.69. The Bertz CT molecular complexity index is 1110. The van der Waals surface area contributed by atoms with Crippen LogP contribution in [0.4, 0.5) is 17.1 Å². The van der Waals surface area contributed by atoms with Crippen molar-refractivity contribution in [3.8, 4) is 5.75 Å². The number of carbonyl (C=O) groups is 2. The molecule has 0 heterocycles. The molecule has 0 unspecified atom stereocenters. The number of rotatable bonds is 8. The van der Waals surface area contributed by atoms with Crippen molar-refractivity contribution in [1.29, 1.82) is 0 Å².